The third-order valence-corrected chi connectivity index (χ3v) is 4.22. The third kappa shape index (κ3) is 4.25. The first-order valence-corrected chi connectivity index (χ1v) is 7.96. The minimum atomic E-state index is -0.749. The van der Waals surface area contributed by atoms with E-state index in [-0.39, 0.29) is 21.4 Å². The average molecular weight is 418 g/mol. The predicted molar refractivity (Wildman–Crippen MR) is 91.8 cm³/mol. The van der Waals surface area contributed by atoms with Gasteiger partial charge in [-0.15, -0.1) is 0 Å². The fraction of sp³-hybridized carbons (Fsp3) is 0.125. The van der Waals surface area contributed by atoms with E-state index in [9.17, 15) is 9.59 Å². The van der Waals surface area contributed by atoms with E-state index < -0.39 is 12.6 Å². The Bertz CT molecular complexity index is 741. The molecule has 2 aromatic carbocycles. The first-order chi connectivity index (χ1) is 10.9. The zero-order valence-electron chi connectivity index (χ0n) is 11.9. The van der Waals surface area contributed by atoms with E-state index in [1.165, 1.54) is 19.2 Å². The Hall–Kier alpha value is -1.56. The Morgan fingerprint density at radius 1 is 1.13 bits per heavy atom. The van der Waals surface area contributed by atoms with E-state index in [0.29, 0.717) is 15.8 Å². The normalized spacial score (nSPS) is 10.3. The summed E-state index contributed by atoms with van der Waals surface area (Å²) in [5.41, 5.74) is 0.426. The number of esters is 1. The molecule has 0 fully saturated rings. The molecule has 0 radical (unpaired) electrons. The third-order valence-electron chi connectivity index (χ3n) is 2.98. The summed E-state index contributed by atoms with van der Waals surface area (Å²) in [6.07, 6.45) is 0. The van der Waals surface area contributed by atoms with Crippen LogP contribution in [0, 0.1) is 0 Å². The maximum Gasteiger partial charge on any atom is 0.341 e. The number of hydrogen-bond donors (Lipinski definition) is 0. The van der Waals surface area contributed by atoms with Gasteiger partial charge in [-0.05, 0) is 46.3 Å². The van der Waals surface area contributed by atoms with Crippen LogP contribution in [0.25, 0.3) is 0 Å². The van der Waals surface area contributed by atoms with E-state index in [1.807, 2.05) is 0 Å². The van der Waals surface area contributed by atoms with Crippen LogP contribution in [0.3, 0.4) is 0 Å². The van der Waals surface area contributed by atoms with Crippen molar-refractivity contribution in [2.75, 3.05) is 13.7 Å². The highest BCUT2D eigenvalue weighted by molar-refractivity contribution is 9.10. The van der Waals surface area contributed by atoms with E-state index in [0.717, 1.165) is 0 Å². The molecule has 0 bridgehead atoms. The van der Waals surface area contributed by atoms with Crippen molar-refractivity contribution in [3.05, 3.63) is 62.0 Å². The van der Waals surface area contributed by atoms with Gasteiger partial charge in [0.2, 0.25) is 0 Å². The number of Topliss-reactive ketones (excluding diaryl/α,β-unsaturated/α-hetero) is 1. The van der Waals surface area contributed by atoms with Gasteiger partial charge >= 0.3 is 5.97 Å². The summed E-state index contributed by atoms with van der Waals surface area (Å²) in [7, 11) is 1.52. The number of carbonyl (C=O) groups excluding carboxylic acids is 2. The van der Waals surface area contributed by atoms with Crippen molar-refractivity contribution < 1.29 is 19.1 Å². The lowest BCUT2D eigenvalue weighted by molar-refractivity contribution is 0.0475. The molecule has 0 N–H and O–H groups in total. The van der Waals surface area contributed by atoms with Gasteiger partial charge in [0, 0.05) is 5.56 Å². The van der Waals surface area contributed by atoms with Crippen molar-refractivity contribution in [1.82, 2.24) is 0 Å². The summed E-state index contributed by atoms with van der Waals surface area (Å²) in [6, 6.07) is 9.48. The molecule has 0 saturated heterocycles. The minimum Gasteiger partial charge on any atom is -0.496 e. The van der Waals surface area contributed by atoms with Crippen LogP contribution in [-0.4, -0.2) is 25.5 Å². The minimum absolute atomic E-state index is 0.0412. The number of halogens is 3. The van der Waals surface area contributed by atoms with Crippen molar-refractivity contribution in [2.24, 2.45) is 0 Å². The van der Waals surface area contributed by atoms with Gasteiger partial charge < -0.3 is 9.47 Å². The molecule has 23 heavy (non-hydrogen) atoms. The summed E-state index contributed by atoms with van der Waals surface area (Å²) in [5.74, 6) is -0.507. The van der Waals surface area contributed by atoms with Crippen LogP contribution >= 0.6 is 39.1 Å². The maximum absolute atomic E-state index is 12.1. The second-order valence-electron chi connectivity index (χ2n) is 4.45. The van der Waals surface area contributed by atoms with E-state index in [1.54, 1.807) is 24.3 Å². The zero-order chi connectivity index (χ0) is 17.0. The number of benzene rings is 2. The first-order valence-electron chi connectivity index (χ1n) is 6.42. The van der Waals surface area contributed by atoms with Crippen molar-refractivity contribution in [3.8, 4) is 5.75 Å². The number of ketones is 1. The average Bonchev–Trinajstić information content (AvgIpc) is 2.52. The lowest BCUT2D eigenvalue weighted by Gasteiger charge is -2.08. The van der Waals surface area contributed by atoms with E-state index >= 15 is 0 Å². The van der Waals surface area contributed by atoms with Gasteiger partial charge in [-0.2, -0.15) is 0 Å². The van der Waals surface area contributed by atoms with Crippen molar-refractivity contribution >= 4 is 50.9 Å². The summed E-state index contributed by atoms with van der Waals surface area (Å²) in [5, 5.41) is 0.337. The van der Waals surface area contributed by atoms with Gasteiger partial charge in [-0.25, -0.2) is 4.79 Å². The van der Waals surface area contributed by atoms with Crippen molar-refractivity contribution in [2.45, 2.75) is 0 Å². The summed E-state index contributed by atoms with van der Waals surface area (Å²) in [6.45, 7) is -0.418. The Labute approximate surface area is 151 Å². The zero-order valence-corrected chi connectivity index (χ0v) is 15.0. The molecular weight excluding hydrogens is 407 g/mol. The second-order valence-corrected chi connectivity index (χ2v) is 6.11. The van der Waals surface area contributed by atoms with E-state index in [2.05, 4.69) is 15.9 Å². The molecule has 0 aliphatic heterocycles. The quantitative estimate of drug-likeness (QED) is 0.517. The molecule has 0 spiro atoms. The molecule has 0 heterocycles. The molecule has 0 unspecified atom stereocenters. The Morgan fingerprint density at radius 3 is 2.35 bits per heavy atom. The molecule has 2 aromatic rings. The molecule has 120 valence electrons. The predicted octanol–water partition coefficient (Wildman–Crippen LogP) is 4.80. The van der Waals surface area contributed by atoms with Gasteiger partial charge in [0.05, 0.1) is 27.2 Å². The molecule has 7 heteroatoms. The molecule has 0 amide bonds. The van der Waals surface area contributed by atoms with Crippen LogP contribution in [0.1, 0.15) is 20.7 Å². The number of carbonyl (C=O) groups is 2. The fourth-order valence-corrected chi connectivity index (χ4v) is 2.91. The van der Waals surface area contributed by atoms with Crippen LogP contribution in [0.5, 0.6) is 5.75 Å². The molecule has 4 nitrogen and oxygen atoms in total. The highest BCUT2D eigenvalue weighted by Gasteiger charge is 2.18. The van der Waals surface area contributed by atoms with Crippen molar-refractivity contribution in [1.29, 1.82) is 0 Å². The molecule has 2 rings (SSSR count). The molecular formula is C16H11BrCl2O4. The van der Waals surface area contributed by atoms with Crippen LogP contribution in [0.15, 0.2) is 40.9 Å². The number of hydrogen-bond acceptors (Lipinski definition) is 4. The highest BCUT2D eigenvalue weighted by Crippen LogP contribution is 2.27. The standard InChI is InChI=1S/C16H11BrCl2O4/c1-22-14-6-5-9(7-10(14)17)13(20)8-23-16(21)15-11(18)3-2-4-12(15)19/h2-7H,8H2,1H3. The molecule has 0 aliphatic rings. The molecule has 0 aliphatic carbocycles. The van der Waals surface area contributed by atoms with Crippen LogP contribution < -0.4 is 4.74 Å². The SMILES string of the molecule is COc1ccc(C(=O)COC(=O)c2c(Cl)cccc2Cl)cc1Br. The van der Waals surface area contributed by atoms with Gasteiger partial charge in [0.15, 0.2) is 12.4 Å². The summed E-state index contributed by atoms with van der Waals surface area (Å²) >= 11 is 15.1. The van der Waals surface area contributed by atoms with Gasteiger partial charge in [-0.1, -0.05) is 29.3 Å². The number of ether oxygens (including phenoxy) is 2. The second kappa shape index (κ2) is 7.81. The Kier molecular flexibility index (Phi) is 6.04. The fourth-order valence-electron chi connectivity index (χ4n) is 1.82. The van der Waals surface area contributed by atoms with Gasteiger partial charge in [0.1, 0.15) is 5.75 Å². The highest BCUT2D eigenvalue weighted by atomic mass is 79.9. The van der Waals surface area contributed by atoms with Crippen LogP contribution in [0.2, 0.25) is 10.0 Å². The molecule has 0 saturated carbocycles. The van der Waals surface area contributed by atoms with Crippen LogP contribution in [-0.2, 0) is 4.74 Å². The number of rotatable bonds is 5. The summed E-state index contributed by atoms with van der Waals surface area (Å²) in [4.78, 5) is 24.1. The monoisotopic (exact) mass is 416 g/mol. The van der Waals surface area contributed by atoms with Gasteiger partial charge in [0.25, 0.3) is 0 Å². The van der Waals surface area contributed by atoms with Gasteiger partial charge in [-0.3, -0.25) is 4.79 Å². The first kappa shape index (κ1) is 17.8. The Balaban J connectivity index is 2.07. The number of methoxy groups -OCH3 is 1. The molecule has 0 atom stereocenters. The lowest BCUT2D eigenvalue weighted by atomic mass is 10.1. The topological polar surface area (TPSA) is 52.6 Å². The lowest BCUT2D eigenvalue weighted by Crippen LogP contribution is -2.15. The largest absolute Gasteiger partial charge is 0.496 e. The van der Waals surface area contributed by atoms with E-state index in [4.69, 9.17) is 32.7 Å². The van der Waals surface area contributed by atoms with Crippen LogP contribution in [0.4, 0.5) is 0 Å². The van der Waals surface area contributed by atoms with Crippen molar-refractivity contribution in [3.63, 3.8) is 0 Å². The summed E-state index contributed by atoms with van der Waals surface area (Å²) < 4.78 is 10.7. The molecule has 0 aromatic heterocycles. The maximum atomic E-state index is 12.1. The smallest absolute Gasteiger partial charge is 0.341 e. The Morgan fingerprint density at radius 2 is 1.78 bits per heavy atom.